The molecule has 0 radical (unpaired) electrons. The van der Waals surface area contributed by atoms with Crippen molar-refractivity contribution in [2.24, 2.45) is 0 Å². The average molecular weight is 417 g/mol. The third kappa shape index (κ3) is 3.25. The standard InChI is InChI=1S/C24H21ClN4O/c1-14-19(25)9-6-10-20(14)27-24(30)18-13-21(16-11-12-16)26-23-22(18)15(2)28-29(23)17-7-4-3-5-8-17/h3-10,13,16H,11-12H2,1-2H3,(H,27,30). The lowest BCUT2D eigenvalue weighted by molar-refractivity contribution is 0.102. The van der Waals surface area contributed by atoms with Gasteiger partial charge in [-0.2, -0.15) is 5.10 Å². The van der Waals surface area contributed by atoms with E-state index in [4.69, 9.17) is 21.7 Å². The molecular weight excluding hydrogens is 396 g/mol. The van der Waals surface area contributed by atoms with E-state index in [0.29, 0.717) is 22.2 Å². The van der Waals surface area contributed by atoms with Crippen LogP contribution < -0.4 is 5.32 Å². The van der Waals surface area contributed by atoms with E-state index in [1.807, 2.05) is 73.1 Å². The van der Waals surface area contributed by atoms with Gasteiger partial charge >= 0.3 is 0 Å². The molecule has 1 saturated carbocycles. The lowest BCUT2D eigenvalue weighted by Crippen LogP contribution is -2.14. The Hall–Kier alpha value is -3.18. The van der Waals surface area contributed by atoms with Gasteiger partial charge in [-0.05, 0) is 62.6 Å². The first-order valence-corrected chi connectivity index (χ1v) is 10.4. The Kier molecular flexibility index (Phi) is 4.55. The molecule has 1 aliphatic carbocycles. The predicted octanol–water partition coefficient (Wildman–Crippen LogP) is 5.82. The summed E-state index contributed by atoms with van der Waals surface area (Å²) in [5.41, 5.74) is 5.52. The van der Waals surface area contributed by atoms with Crippen molar-refractivity contribution < 1.29 is 4.79 Å². The fourth-order valence-corrected chi connectivity index (χ4v) is 3.93. The Bertz CT molecular complexity index is 1280. The van der Waals surface area contributed by atoms with Gasteiger partial charge in [-0.15, -0.1) is 0 Å². The van der Waals surface area contributed by atoms with Crippen molar-refractivity contribution in [1.29, 1.82) is 0 Å². The van der Waals surface area contributed by atoms with Crippen LogP contribution in [0.1, 0.15) is 46.1 Å². The van der Waals surface area contributed by atoms with E-state index < -0.39 is 0 Å². The number of nitrogens with zero attached hydrogens (tertiary/aromatic N) is 3. The molecule has 150 valence electrons. The van der Waals surface area contributed by atoms with Crippen LogP contribution in [0.25, 0.3) is 16.7 Å². The summed E-state index contributed by atoms with van der Waals surface area (Å²) in [5, 5.41) is 9.15. The number of halogens is 1. The third-order valence-corrected chi connectivity index (χ3v) is 6.00. The highest BCUT2D eigenvalue weighted by Crippen LogP contribution is 2.41. The van der Waals surface area contributed by atoms with Gasteiger partial charge < -0.3 is 5.32 Å². The van der Waals surface area contributed by atoms with Crippen molar-refractivity contribution >= 4 is 34.2 Å². The summed E-state index contributed by atoms with van der Waals surface area (Å²) < 4.78 is 1.83. The number of pyridine rings is 1. The lowest BCUT2D eigenvalue weighted by Gasteiger charge is -2.12. The number of amides is 1. The van der Waals surface area contributed by atoms with Crippen LogP contribution in [0.3, 0.4) is 0 Å². The first kappa shape index (κ1) is 18.8. The number of carbonyl (C=O) groups is 1. The first-order valence-electron chi connectivity index (χ1n) is 10.0. The number of anilines is 1. The van der Waals surface area contributed by atoms with Crippen molar-refractivity contribution in [3.05, 3.63) is 82.1 Å². The monoisotopic (exact) mass is 416 g/mol. The molecule has 5 nitrogen and oxygen atoms in total. The van der Waals surface area contributed by atoms with Crippen LogP contribution in [-0.2, 0) is 0 Å². The van der Waals surface area contributed by atoms with Gasteiger partial charge in [-0.1, -0.05) is 35.9 Å². The summed E-state index contributed by atoms with van der Waals surface area (Å²) in [6.45, 7) is 3.82. The highest BCUT2D eigenvalue weighted by Gasteiger charge is 2.29. The maximum absolute atomic E-state index is 13.4. The summed E-state index contributed by atoms with van der Waals surface area (Å²) in [4.78, 5) is 18.3. The molecule has 1 N–H and O–H groups in total. The average Bonchev–Trinajstić information content (AvgIpc) is 3.55. The van der Waals surface area contributed by atoms with E-state index in [1.54, 1.807) is 0 Å². The zero-order valence-electron chi connectivity index (χ0n) is 16.8. The molecule has 2 heterocycles. The van der Waals surface area contributed by atoms with E-state index in [1.165, 1.54) is 0 Å². The van der Waals surface area contributed by atoms with Crippen molar-refractivity contribution in [2.75, 3.05) is 5.32 Å². The van der Waals surface area contributed by atoms with E-state index >= 15 is 0 Å². The zero-order chi connectivity index (χ0) is 20.8. The fourth-order valence-electron chi connectivity index (χ4n) is 3.76. The minimum absolute atomic E-state index is 0.176. The molecular formula is C24H21ClN4O. The highest BCUT2D eigenvalue weighted by molar-refractivity contribution is 6.31. The Labute approximate surface area is 179 Å². The second-order valence-electron chi connectivity index (χ2n) is 7.77. The molecule has 0 aliphatic heterocycles. The summed E-state index contributed by atoms with van der Waals surface area (Å²) in [7, 11) is 0. The van der Waals surface area contributed by atoms with E-state index in [2.05, 4.69) is 5.32 Å². The number of aromatic nitrogens is 3. The van der Waals surface area contributed by atoms with Crippen molar-refractivity contribution in [3.8, 4) is 5.69 Å². The van der Waals surface area contributed by atoms with Crippen LogP contribution in [0.15, 0.2) is 54.6 Å². The van der Waals surface area contributed by atoms with Gasteiger partial charge in [0.1, 0.15) is 0 Å². The Morgan fingerprint density at radius 3 is 2.60 bits per heavy atom. The van der Waals surface area contributed by atoms with Crippen molar-refractivity contribution in [3.63, 3.8) is 0 Å². The number of hydrogen-bond donors (Lipinski definition) is 1. The summed E-state index contributed by atoms with van der Waals surface area (Å²) in [5.74, 6) is 0.235. The largest absolute Gasteiger partial charge is 0.322 e. The minimum Gasteiger partial charge on any atom is -0.322 e. The van der Waals surface area contributed by atoms with Crippen LogP contribution in [0.5, 0.6) is 0 Å². The molecule has 0 unspecified atom stereocenters. The maximum Gasteiger partial charge on any atom is 0.256 e. The molecule has 1 amide bonds. The van der Waals surface area contributed by atoms with Crippen molar-refractivity contribution in [2.45, 2.75) is 32.6 Å². The molecule has 2 aromatic carbocycles. The highest BCUT2D eigenvalue weighted by atomic mass is 35.5. The number of para-hydroxylation sites is 1. The van der Waals surface area contributed by atoms with Gasteiger partial charge in [-0.25, -0.2) is 9.67 Å². The maximum atomic E-state index is 13.4. The van der Waals surface area contributed by atoms with Crippen molar-refractivity contribution in [1.82, 2.24) is 14.8 Å². The molecule has 0 spiro atoms. The number of fused-ring (bicyclic) bond motifs is 1. The first-order chi connectivity index (χ1) is 14.5. The molecule has 2 aromatic heterocycles. The summed E-state index contributed by atoms with van der Waals surface area (Å²) in [6, 6.07) is 17.3. The molecule has 5 rings (SSSR count). The quantitative estimate of drug-likeness (QED) is 0.456. The third-order valence-electron chi connectivity index (χ3n) is 5.59. The Morgan fingerprint density at radius 1 is 1.10 bits per heavy atom. The van der Waals surface area contributed by atoms with Gasteiger partial charge in [0.15, 0.2) is 5.65 Å². The molecule has 4 aromatic rings. The normalized spacial score (nSPS) is 13.6. The van der Waals surface area contributed by atoms with Gasteiger partial charge in [0, 0.05) is 22.3 Å². The summed E-state index contributed by atoms with van der Waals surface area (Å²) >= 11 is 6.24. The molecule has 6 heteroatoms. The van der Waals surface area contributed by atoms with Crippen LogP contribution in [-0.4, -0.2) is 20.7 Å². The molecule has 30 heavy (non-hydrogen) atoms. The van der Waals surface area contributed by atoms with Gasteiger partial charge in [0.25, 0.3) is 5.91 Å². The van der Waals surface area contributed by atoms with Crippen LogP contribution in [0, 0.1) is 13.8 Å². The van der Waals surface area contributed by atoms with E-state index in [9.17, 15) is 4.79 Å². The molecule has 0 bridgehead atoms. The van der Waals surface area contributed by atoms with Crippen LogP contribution >= 0.6 is 11.6 Å². The topological polar surface area (TPSA) is 59.8 Å². The van der Waals surface area contributed by atoms with Gasteiger partial charge in [0.2, 0.25) is 0 Å². The second-order valence-corrected chi connectivity index (χ2v) is 8.17. The predicted molar refractivity (Wildman–Crippen MR) is 120 cm³/mol. The number of nitrogens with one attached hydrogen (secondary N) is 1. The number of carbonyl (C=O) groups excluding carboxylic acids is 1. The number of rotatable bonds is 4. The van der Waals surface area contributed by atoms with Gasteiger partial charge in [-0.3, -0.25) is 4.79 Å². The van der Waals surface area contributed by atoms with Crippen LogP contribution in [0.2, 0.25) is 5.02 Å². The minimum atomic E-state index is -0.176. The Morgan fingerprint density at radius 2 is 1.87 bits per heavy atom. The number of hydrogen-bond acceptors (Lipinski definition) is 3. The fraction of sp³-hybridized carbons (Fsp3) is 0.208. The summed E-state index contributed by atoms with van der Waals surface area (Å²) in [6.07, 6.45) is 2.21. The van der Waals surface area contributed by atoms with E-state index in [0.717, 1.165) is 46.5 Å². The smallest absolute Gasteiger partial charge is 0.256 e. The molecule has 0 atom stereocenters. The Balaban J connectivity index is 1.66. The SMILES string of the molecule is Cc1c(Cl)cccc1NC(=O)c1cc(C2CC2)nc2c1c(C)nn2-c1ccccc1. The number of benzene rings is 2. The zero-order valence-corrected chi connectivity index (χ0v) is 17.6. The van der Waals surface area contributed by atoms with Crippen LogP contribution in [0.4, 0.5) is 5.69 Å². The number of aryl methyl sites for hydroxylation is 1. The van der Waals surface area contributed by atoms with E-state index in [-0.39, 0.29) is 5.91 Å². The molecule has 1 aliphatic rings. The molecule has 1 fully saturated rings. The second kappa shape index (κ2) is 7.26. The van der Waals surface area contributed by atoms with Gasteiger partial charge in [0.05, 0.1) is 22.3 Å². The molecule has 0 saturated heterocycles. The lowest BCUT2D eigenvalue weighted by atomic mass is 10.1.